The average molecular weight is 305 g/mol. The van der Waals surface area contributed by atoms with Crippen LogP contribution in [-0.2, 0) is 0 Å². The van der Waals surface area contributed by atoms with E-state index in [9.17, 15) is 9.90 Å². The Kier molecular flexibility index (Phi) is 4.85. The second kappa shape index (κ2) is 6.63. The van der Waals surface area contributed by atoms with E-state index in [-0.39, 0.29) is 23.6 Å². The predicted octanol–water partition coefficient (Wildman–Crippen LogP) is 3.59. The third-order valence-electron chi connectivity index (χ3n) is 3.24. The highest BCUT2D eigenvalue weighted by Gasteiger charge is 2.20. The molecule has 4 nitrogen and oxygen atoms in total. The summed E-state index contributed by atoms with van der Waals surface area (Å²) in [6, 6.07) is 8.59. The standard InChI is InChI=1S/C16H19NO3S/c1-10(2)15(14-5-4-8-21-14)17-16(19)11-6-7-13(20-3)12(18)9-11/h4-10,15,18H,1-3H3,(H,17,19). The molecule has 1 atom stereocenters. The van der Waals surface area contributed by atoms with E-state index in [1.807, 2.05) is 17.5 Å². The summed E-state index contributed by atoms with van der Waals surface area (Å²) in [7, 11) is 1.47. The first kappa shape index (κ1) is 15.4. The summed E-state index contributed by atoms with van der Waals surface area (Å²) in [4.78, 5) is 13.5. The molecule has 1 heterocycles. The Balaban J connectivity index is 2.18. The highest BCUT2D eigenvalue weighted by molar-refractivity contribution is 7.10. The summed E-state index contributed by atoms with van der Waals surface area (Å²) >= 11 is 1.62. The highest BCUT2D eigenvalue weighted by atomic mass is 32.1. The molecule has 1 unspecified atom stereocenters. The first-order valence-electron chi connectivity index (χ1n) is 6.74. The van der Waals surface area contributed by atoms with Crippen molar-refractivity contribution >= 4 is 17.2 Å². The van der Waals surface area contributed by atoms with E-state index in [1.54, 1.807) is 23.5 Å². The Morgan fingerprint density at radius 1 is 1.33 bits per heavy atom. The van der Waals surface area contributed by atoms with Gasteiger partial charge in [-0.25, -0.2) is 0 Å². The van der Waals surface area contributed by atoms with Crippen LogP contribution < -0.4 is 10.1 Å². The fourth-order valence-electron chi connectivity index (χ4n) is 2.09. The molecule has 0 fully saturated rings. The predicted molar refractivity (Wildman–Crippen MR) is 84.0 cm³/mol. The second-order valence-electron chi connectivity index (χ2n) is 5.10. The largest absolute Gasteiger partial charge is 0.504 e. The topological polar surface area (TPSA) is 58.6 Å². The minimum absolute atomic E-state index is 0.0395. The Morgan fingerprint density at radius 3 is 2.62 bits per heavy atom. The third-order valence-corrected chi connectivity index (χ3v) is 4.20. The molecule has 0 spiro atoms. The van der Waals surface area contributed by atoms with Crippen LogP contribution in [0.25, 0.3) is 0 Å². The number of phenolic OH excluding ortho intramolecular Hbond substituents is 1. The van der Waals surface area contributed by atoms with E-state index in [2.05, 4.69) is 19.2 Å². The SMILES string of the molecule is COc1ccc(C(=O)NC(c2cccs2)C(C)C)cc1O. The number of methoxy groups -OCH3 is 1. The molecule has 0 aliphatic heterocycles. The summed E-state index contributed by atoms with van der Waals surface area (Å²) in [5, 5.41) is 14.8. The van der Waals surface area contributed by atoms with Crippen LogP contribution in [0.15, 0.2) is 35.7 Å². The lowest BCUT2D eigenvalue weighted by Crippen LogP contribution is -2.31. The lowest BCUT2D eigenvalue weighted by molar-refractivity contribution is 0.0926. The van der Waals surface area contributed by atoms with Gasteiger partial charge in [-0.1, -0.05) is 19.9 Å². The van der Waals surface area contributed by atoms with Crippen LogP contribution in [0.1, 0.15) is 35.1 Å². The van der Waals surface area contributed by atoms with Gasteiger partial charge < -0.3 is 15.2 Å². The molecule has 1 amide bonds. The van der Waals surface area contributed by atoms with E-state index in [0.717, 1.165) is 4.88 Å². The van der Waals surface area contributed by atoms with Crippen molar-refractivity contribution in [3.8, 4) is 11.5 Å². The molecular weight excluding hydrogens is 286 g/mol. The molecule has 0 aliphatic carbocycles. The van der Waals surface area contributed by atoms with Gasteiger partial charge in [-0.05, 0) is 35.6 Å². The van der Waals surface area contributed by atoms with Crippen LogP contribution in [-0.4, -0.2) is 18.1 Å². The summed E-state index contributed by atoms with van der Waals surface area (Å²) < 4.78 is 4.98. The van der Waals surface area contributed by atoms with Crippen LogP contribution in [0.5, 0.6) is 11.5 Å². The van der Waals surface area contributed by atoms with Crippen molar-refractivity contribution in [3.63, 3.8) is 0 Å². The number of amides is 1. The first-order chi connectivity index (χ1) is 10.0. The van der Waals surface area contributed by atoms with Crippen LogP contribution in [0.4, 0.5) is 0 Å². The third kappa shape index (κ3) is 3.55. The summed E-state index contributed by atoms with van der Waals surface area (Å²) in [5.74, 6) is 0.382. The molecule has 0 radical (unpaired) electrons. The zero-order valence-corrected chi connectivity index (χ0v) is 13.1. The van der Waals surface area contributed by atoms with Crippen molar-refractivity contribution in [2.24, 2.45) is 5.92 Å². The molecule has 0 bridgehead atoms. The number of hydrogen-bond donors (Lipinski definition) is 2. The molecule has 1 aromatic heterocycles. The molecule has 112 valence electrons. The molecule has 2 rings (SSSR count). The van der Waals surface area contributed by atoms with Gasteiger partial charge in [0.05, 0.1) is 13.2 Å². The number of rotatable bonds is 5. The van der Waals surface area contributed by atoms with Crippen LogP contribution in [0.2, 0.25) is 0 Å². The molecule has 2 N–H and O–H groups in total. The van der Waals surface area contributed by atoms with Gasteiger partial charge in [0.25, 0.3) is 5.91 Å². The number of carbonyl (C=O) groups excluding carboxylic acids is 1. The monoisotopic (exact) mass is 305 g/mol. The lowest BCUT2D eigenvalue weighted by atomic mass is 10.0. The number of benzene rings is 1. The van der Waals surface area contributed by atoms with Gasteiger partial charge in [0.1, 0.15) is 0 Å². The molecule has 5 heteroatoms. The number of phenols is 1. The van der Waals surface area contributed by atoms with E-state index in [4.69, 9.17) is 4.74 Å². The van der Waals surface area contributed by atoms with Crippen molar-refractivity contribution in [1.29, 1.82) is 0 Å². The van der Waals surface area contributed by atoms with Gasteiger partial charge in [0.15, 0.2) is 11.5 Å². The van der Waals surface area contributed by atoms with Gasteiger partial charge in [-0.2, -0.15) is 0 Å². The Hall–Kier alpha value is -2.01. The average Bonchev–Trinajstić information content (AvgIpc) is 2.97. The van der Waals surface area contributed by atoms with E-state index in [0.29, 0.717) is 11.3 Å². The van der Waals surface area contributed by atoms with Crippen LogP contribution >= 0.6 is 11.3 Å². The maximum atomic E-state index is 12.3. The Labute approximate surface area is 128 Å². The molecule has 0 saturated heterocycles. The number of carbonyl (C=O) groups is 1. The van der Waals surface area contributed by atoms with Crippen molar-refractivity contribution in [1.82, 2.24) is 5.32 Å². The lowest BCUT2D eigenvalue weighted by Gasteiger charge is -2.21. The fraction of sp³-hybridized carbons (Fsp3) is 0.312. The number of hydrogen-bond acceptors (Lipinski definition) is 4. The maximum absolute atomic E-state index is 12.3. The number of thiophene rings is 1. The van der Waals surface area contributed by atoms with Crippen molar-refractivity contribution in [2.75, 3.05) is 7.11 Å². The zero-order chi connectivity index (χ0) is 15.4. The van der Waals surface area contributed by atoms with E-state index < -0.39 is 0 Å². The zero-order valence-electron chi connectivity index (χ0n) is 12.3. The van der Waals surface area contributed by atoms with Gasteiger partial charge in [-0.3, -0.25) is 4.79 Å². The smallest absolute Gasteiger partial charge is 0.251 e. The minimum Gasteiger partial charge on any atom is -0.504 e. The maximum Gasteiger partial charge on any atom is 0.251 e. The van der Waals surface area contributed by atoms with Gasteiger partial charge in [-0.15, -0.1) is 11.3 Å². The molecular formula is C16H19NO3S. The molecule has 0 aliphatic rings. The Morgan fingerprint density at radius 2 is 2.10 bits per heavy atom. The van der Waals surface area contributed by atoms with Crippen LogP contribution in [0.3, 0.4) is 0 Å². The number of aromatic hydroxyl groups is 1. The van der Waals surface area contributed by atoms with E-state index >= 15 is 0 Å². The van der Waals surface area contributed by atoms with Crippen molar-refractivity contribution in [2.45, 2.75) is 19.9 Å². The molecule has 2 aromatic rings. The fourth-order valence-corrected chi connectivity index (χ4v) is 3.04. The van der Waals surface area contributed by atoms with Gasteiger partial charge >= 0.3 is 0 Å². The molecule has 0 saturated carbocycles. The Bertz CT molecular complexity index is 608. The number of nitrogens with one attached hydrogen (secondary N) is 1. The van der Waals surface area contributed by atoms with E-state index in [1.165, 1.54) is 13.2 Å². The number of ether oxygens (including phenoxy) is 1. The summed E-state index contributed by atoms with van der Waals surface area (Å²) in [6.07, 6.45) is 0. The highest BCUT2D eigenvalue weighted by Crippen LogP contribution is 2.28. The second-order valence-corrected chi connectivity index (χ2v) is 6.08. The van der Waals surface area contributed by atoms with Crippen molar-refractivity contribution in [3.05, 3.63) is 46.2 Å². The normalized spacial score (nSPS) is 12.2. The summed E-state index contributed by atoms with van der Waals surface area (Å²) in [5.41, 5.74) is 0.413. The van der Waals surface area contributed by atoms with Gasteiger partial charge in [0.2, 0.25) is 0 Å². The summed E-state index contributed by atoms with van der Waals surface area (Å²) in [6.45, 7) is 4.13. The van der Waals surface area contributed by atoms with Gasteiger partial charge in [0, 0.05) is 10.4 Å². The minimum atomic E-state index is -0.208. The first-order valence-corrected chi connectivity index (χ1v) is 7.62. The molecule has 1 aromatic carbocycles. The van der Waals surface area contributed by atoms with Crippen LogP contribution in [0, 0.1) is 5.92 Å². The molecule has 21 heavy (non-hydrogen) atoms. The van der Waals surface area contributed by atoms with Crippen molar-refractivity contribution < 1.29 is 14.6 Å². The quantitative estimate of drug-likeness (QED) is 0.887.